The molecule has 3 aliphatic rings. The van der Waals surface area contributed by atoms with Gasteiger partial charge in [-0.1, -0.05) is 78.4 Å². The summed E-state index contributed by atoms with van der Waals surface area (Å²) < 4.78 is 0. The first-order chi connectivity index (χ1) is 16.7. The van der Waals surface area contributed by atoms with E-state index >= 15 is 0 Å². The highest BCUT2D eigenvalue weighted by Gasteiger charge is 2.44. The lowest BCUT2D eigenvalue weighted by Gasteiger charge is -2.34. The number of hydrogen-bond acceptors (Lipinski definition) is 2. The van der Waals surface area contributed by atoms with E-state index in [1.165, 1.54) is 33.4 Å². The summed E-state index contributed by atoms with van der Waals surface area (Å²) in [6.07, 6.45) is 15.9. The molecule has 0 N–H and O–H groups in total. The molecule has 2 aromatic carbocycles. The van der Waals surface area contributed by atoms with Crippen molar-refractivity contribution in [2.75, 3.05) is 0 Å². The van der Waals surface area contributed by atoms with Gasteiger partial charge in [-0.25, -0.2) is 0 Å². The number of fused-ring (bicyclic) bond motifs is 3. The standard InChI is InChI=1S/C32H30N2/c1-22-15-16-25(28(18-22)30-14-8-9-17-33-30)20-32-27-13-7-6-12-26(27)31-19-23(2)29(21-34(31)32)24-10-4-3-5-11-24/h3-12,14-19,21,27,31-32H,13,20H2,1-2H3/t27-,31?,32-/m1/s1. The third kappa shape index (κ3) is 3.64. The minimum Gasteiger partial charge on any atom is -0.363 e. The Labute approximate surface area is 202 Å². The number of allylic oxidation sites excluding steroid dienone is 5. The van der Waals surface area contributed by atoms with E-state index in [1.54, 1.807) is 5.57 Å². The highest BCUT2D eigenvalue weighted by molar-refractivity contribution is 5.80. The average molecular weight is 443 g/mol. The normalized spacial score (nSPS) is 23.1. The fourth-order valence-electron chi connectivity index (χ4n) is 5.90. The topological polar surface area (TPSA) is 16.1 Å². The van der Waals surface area contributed by atoms with E-state index in [2.05, 4.69) is 110 Å². The molecule has 0 radical (unpaired) electrons. The van der Waals surface area contributed by atoms with Crippen LogP contribution in [-0.4, -0.2) is 22.0 Å². The third-order valence-corrected chi connectivity index (χ3v) is 7.58. The summed E-state index contributed by atoms with van der Waals surface area (Å²) in [7, 11) is 0. The molecule has 2 nitrogen and oxygen atoms in total. The van der Waals surface area contributed by atoms with Crippen LogP contribution in [0, 0.1) is 12.8 Å². The lowest BCUT2D eigenvalue weighted by molar-refractivity contribution is 0.275. The highest BCUT2D eigenvalue weighted by atomic mass is 15.2. The summed E-state index contributed by atoms with van der Waals surface area (Å²) in [5.41, 5.74) is 10.5. The van der Waals surface area contributed by atoms with Gasteiger partial charge in [-0.3, -0.25) is 4.98 Å². The van der Waals surface area contributed by atoms with E-state index in [-0.39, 0.29) is 0 Å². The Bertz CT molecular complexity index is 1330. The predicted octanol–water partition coefficient (Wildman–Crippen LogP) is 7.16. The number of pyridine rings is 1. The Morgan fingerprint density at radius 3 is 2.65 bits per heavy atom. The zero-order chi connectivity index (χ0) is 23.1. The van der Waals surface area contributed by atoms with Crippen LogP contribution in [0.1, 0.15) is 30.0 Å². The van der Waals surface area contributed by atoms with Crippen molar-refractivity contribution in [3.05, 3.63) is 131 Å². The van der Waals surface area contributed by atoms with Crippen LogP contribution >= 0.6 is 0 Å². The molecule has 0 saturated carbocycles. The van der Waals surface area contributed by atoms with Crippen LogP contribution in [0.2, 0.25) is 0 Å². The molecule has 3 atom stereocenters. The van der Waals surface area contributed by atoms with Crippen LogP contribution < -0.4 is 0 Å². The monoisotopic (exact) mass is 442 g/mol. The minimum absolute atomic E-state index is 0.344. The summed E-state index contributed by atoms with van der Waals surface area (Å²) in [6, 6.07) is 24.6. The molecular formula is C32H30N2. The second kappa shape index (κ2) is 8.61. The molecule has 0 spiro atoms. The van der Waals surface area contributed by atoms with Gasteiger partial charge in [0.1, 0.15) is 0 Å². The van der Waals surface area contributed by atoms with Crippen LogP contribution in [0.5, 0.6) is 0 Å². The van der Waals surface area contributed by atoms with Crippen molar-refractivity contribution < 1.29 is 0 Å². The Morgan fingerprint density at radius 2 is 1.82 bits per heavy atom. The van der Waals surface area contributed by atoms with E-state index < -0.39 is 0 Å². The Balaban J connectivity index is 1.43. The van der Waals surface area contributed by atoms with Gasteiger partial charge in [0.25, 0.3) is 0 Å². The highest BCUT2D eigenvalue weighted by Crippen LogP contribution is 2.46. The molecule has 1 fully saturated rings. The third-order valence-electron chi connectivity index (χ3n) is 7.58. The predicted molar refractivity (Wildman–Crippen MR) is 141 cm³/mol. The molecule has 1 aliphatic carbocycles. The van der Waals surface area contributed by atoms with Crippen molar-refractivity contribution in [2.24, 2.45) is 5.92 Å². The van der Waals surface area contributed by atoms with Gasteiger partial charge in [-0.2, -0.15) is 0 Å². The second-order valence-corrected chi connectivity index (χ2v) is 9.73. The number of aryl methyl sites for hydroxylation is 1. The van der Waals surface area contributed by atoms with E-state index in [1.807, 2.05) is 12.3 Å². The summed E-state index contributed by atoms with van der Waals surface area (Å²) in [5.74, 6) is 0.531. The van der Waals surface area contributed by atoms with E-state index in [4.69, 9.17) is 4.98 Å². The number of benzene rings is 2. The van der Waals surface area contributed by atoms with Crippen molar-refractivity contribution >= 4 is 5.57 Å². The van der Waals surface area contributed by atoms with Crippen molar-refractivity contribution in [1.82, 2.24) is 9.88 Å². The molecule has 34 heavy (non-hydrogen) atoms. The Kier molecular flexibility index (Phi) is 5.30. The van der Waals surface area contributed by atoms with Gasteiger partial charge in [0, 0.05) is 35.5 Å². The first-order valence-electron chi connectivity index (χ1n) is 12.3. The van der Waals surface area contributed by atoms with Gasteiger partial charge >= 0.3 is 0 Å². The molecule has 3 heterocycles. The fraction of sp³-hybridized carbons (Fsp3) is 0.219. The second-order valence-electron chi connectivity index (χ2n) is 9.73. The quantitative estimate of drug-likeness (QED) is 0.426. The average Bonchev–Trinajstić information content (AvgIpc) is 3.18. The van der Waals surface area contributed by atoms with Gasteiger partial charge in [0.05, 0.1) is 11.7 Å². The maximum Gasteiger partial charge on any atom is 0.0704 e. The van der Waals surface area contributed by atoms with Crippen molar-refractivity contribution in [2.45, 2.75) is 38.8 Å². The van der Waals surface area contributed by atoms with Crippen LogP contribution in [-0.2, 0) is 6.42 Å². The molecule has 168 valence electrons. The lowest BCUT2D eigenvalue weighted by Crippen LogP contribution is -2.36. The van der Waals surface area contributed by atoms with E-state index in [0.717, 1.165) is 18.5 Å². The SMILES string of the molecule is CC1=CC2C3=CC=CC[C@H]3[C@@H](Cc3ccc(C)cc3-c3ccccn3)N2C=C1c1ccccc1. The van der Waals surface area contributed by atoms with Crippen molar-refractivity contribution in [1.29, 1.82) is 0 Å². The molecule has 0 amide bonds. The maximum atomic E-state index is 4.69. The van der Waals surface area contributed by atoms with Crippen LogP contribution in [0.15, 0.2) is 115 Å². The Hall–Kier alpha value is -3.65. The van der Waals surface area contributed by atoms with Gasteiger partial charge in [-0.15, -0.1) is 0 Å². The molecule has 1 aromatic heterocycles. The van der Waals surface area contributed by atoms with E-state index in [9.17, 15) is 0 Å². The molecular weight excluding hydrogens is 412 g/mol. The molecule has 1 unspecified atom stereocenters. The molecule has 1 saturated heterocycles. The molecule has 3 aromatic rings. The van der Waals surface area contributed by atoms with Gasteiger partial charge in [0.15, 0.2) is 0 Å². The number of hydrogen-bond donors (Lipinski definition) is 0. The largest absolute Gasteiger partial charge is 0.363 e. The number of nitrogens with zero attached hydrogens (tertiary/aromatic N) is 2. The molecule has 6 rings (SSSR count). The van der Waals surface area contributed by atoms with Gasteiger partial charge in [-0.05, 0) is 67.2 Å². The minimum atomic E-state index is 0.344. The summed E-state index contributed by atoms with van der Waals surface area (Å²) >= 11 is 0. The summed E-state index contributed by atoms with van der Waals surface area (Å²) in [4.78, 5) is 7.33. The first-order valence-corrected chi connectivity index (χ1v) is 12.3. The van der Waals surface area contributed by atoms with Crippen molar-refractivity contribution in [3.8, 4) is 11.3 Å². The van der Waals surface area contributed by atoms with Gasteiger partial charge in [0.2, 0.25) is 0 Å². The van der Waals surface area contributed by atoms with Crippen LogP contribution in [0.3, 0.4) is 0 Å². The number of aromatic nitrogens is 1. The smallest absolute Gasteiger partial charge is 0.0704 e. The number of rotatable bonds is 4. The summed E-state index contributed by atoms with van der Waals surface area (Å²) in [5, 5.41) is 0. The van der Waals surface area contributed by atoms with E-state index in [0.29, 0.717) is 18.0 Å². The summed E-state index contributed by atoms with van der Waals surface area (Å²) in [6.45, 7) is 4.43. The fourth-order valence-corrected chi connectivity index (χ4v) is 5.90. The zero-order valence-electron chi connectivity index (χ0n) is 19.9. The molecule has 2 aliphatic heterocycles. The molecule has 0 bridgehead atoms. The van der Waals surface area contributed by atoms with Crippen LogP contribution in [0.4, 0.5) is 0 Å². The van der Waals surface area contributed by atoms with Crippen LogP contribution in [0.25, 0.3) is 16.8 Å². The first kappa shape index (κ1) is 20.9. The Morgan fingerprint density at radius 1 is 0.971 bits per heavy atom. The molecule has 2 heteroatoms. The van der Waals surface area contributed by atoms with Crippen molar-refractivity contribution in [3.63, 3.8) is 0 Å². The van der Waals surface area contributed by atoms with Gasteiger partial charge < -0.3 is 4.90 Å². The lowest BCUT2D eigenvalue weighted by atomic mass is 9.83. The zero-order valence-corrected chi connectivity index (χ0v) is 19.9. The maximum absolute atomic E-state index is 4.69.